The van der Waals surface area contributed by atoms with Gasteiger partial charge in [-0.2, -0.15) is 0 Å². The molecule has 1 aromatic heterocycles. The third-order valence-electron chi connectivity index (χ3n) is 5.92. The lowest BCUT2D eigenvalue weighted by Gasteiger charge is -2.20. The smallest absolute Gasteiger partial charge is 0.232 e. The average Bonchev–Trinajstić information content (AvgIpc) is 3.37. The fourth-order valence-corrected chi connectivity index (χ4v) is 4.27. The van der Waals surface area contributed by atoms with Crippen LogP contribution in [0.15, 0.2) is 48.5 Å². The van der Waals surface area contributed by atoms with Gasteiger partial charge in [-0.15, -0.1) is 0 Å². The van der Waals surface area contributed by atoms with Gasteiger partial charge < -0.3 is 14.2 Å². The van der Waals surface area contributed by atoms with E-state index in [0.717, 1.165) is 35.1 Å². The van der Waals surface area contributed by atoms with Gasteiger partial charge in [0.25, 0.3) is 0 Å². The number of hydrogen-bond acceptors (Lipinski definition) is 4. The molecule has 2 amide bonds. The average molecular weight is 435 g/mol. The first-order chi connectivity index (χ1) is 15.6. The Labute approximate surface area is 188 Å². The molecule has 0 aliphatic carbocycles. The lowest BCUT2D eigenvalue weighted by molar-refractivity contribution is -0.122. The number of nitrogens with one attached hydrogen (secondary N) is 1. The summed E-state index contributed by atoms with van der Waals surface area (Å²) in [4.78, 5) is 32.2. The van der Waals surface area contributed by atoms with E-state index >= 15 is 0 Å². The second-order valence-electron chi connectivity index (χ2n) is 8.00. The highest BCUT2D eigenvalue weighted by Gasteiger charge is 2.36. The molecule has 0 saturated carbocycles. The molecule has 1 atom stereocenters. The summed E-state index contributed by atoms with van der Waals surface area (Å²) >= 11 is 0. The van der Waals surface area contributed by atoms with E-state index in [1.54, 1.807) is 4.90 Å². The van der Waals surface area contributed by atoms with Gasteiger partial charge >= 0.3 is 0 Å². The van der Waals surface area contributed by atoms with Crippen LogP contribution in [0.5, 0.6) is 0 Å². The SMILES string of the molecule is CCOCCCn1c(NC(=O)C2CC(=O)N(c3ccccc3CC)C2)nc2ccccc21. The molecule has 2 heterocycles. The standard InChI is InChI=1S/C25H30N4O3/c1-3-18-10-5-7-12-21(18)29-17-19(16-23(29)30)24(31)27-25-26-20-11-6-8-13-22(20)28(25)14-9-15-32-4-2/h5-8,10-13,19H,3-4,9,14-17H2,1-2H3,(H,26,27,31). The first kappa shape index (κ1) is 22.0. The predicted molar refractivity (Wildman–Crippen MR) is 126 cm³/mol. The van der Waals surface area contributed by atoms with Crippen molar-refractivity contribution in [2.75, 3.05) is 30.0 Å². The molecule has 3 aromatic rings. The minimum absolute atomic E-state index is 0.0173. The largest absolute Gasteiger partial charge is 0.382 e. The highest BCUT2D eigenvalue weighted by Crippen LogP contribution is 2.29. The molecule has 7 heteroatoms. The molecule has 2 aromatic carbocycles. The zero-order valence-corrected chi connectivity index (χ0v) is 18.7. The molecule has 1 unspecified atom stereocenters. The van der Waals surface area contributed by atoms with Gasteiger partial charge in [0.15, 0.2) is 0 Å². The molecule has 32 heavy (non-hydrogen) atoms. The van der Waals surface area contributed by atoms with E-state index in [9.17, 15) is 9.59 Å². The number of nitrogens with zero attached hydrogens (tertiary/aromatic N) is 3. The zero-order valence-electron chi connectivity index (χ0n) is 18.7. The highest BCUT2D eigenvalue weighted by atomic mass is 16.5. The number of rotatable bonds is 9. The topological polar surface area (TPSA) is 76.5 Å². The van der Waals surface area contributed by atoms with Crippen molar-refractivity contribution < 1.29 is 14.3 Å². The van der Waals surface area contributed by atoms with Crippen molar-refractivity contribution in [3.8, 4) is 0 Å². The minimum atomic E-state index is -0.413. The predicted octanol–water partition coefficient (Wildman–Crippen LogP) is 4.02. The maximum absolute atomic E-state index is 13.1. The number of para-hydroxylation sites is 3. The zero-order chi connectivity index (χ0) is 22.5. The van der Waals surface area contributed by atoms with Crippen molar-refractivity contribution in [1.29, 1.82) is 0 Å². The summed E-state index contributed by atoms with van der Waals surface area (Å²) in [5.74, 6) is -0.0795. The van der Waals surface area contributed by atoms with Crippen LogP contribution in [0.25, 0.3) is 11.0 Å². The van der Waals surface area contributed by atoms with E-state index in [1.165, 1.54) is 0 Å². The van der Waals surface area contributed by atoms with E-state index in [0.29, 0.717) is 32.3 Å². The molecular weight excluding hydrogens is 404 g/mol. The Bertz CT molecular complexity index is 1110. The van der Waals surface area contributed by atoms with Gasteiger partial charge in [-0.05, 0) is 43.5 Å². The molecule has 7 nitrogen and oxygen atoms in total. The quantitative estimate of drug-likeness (QED) is 0.516. The molecule has 4 rings (SSSR count). The van der Waals surface area contributed by atoms with Crippen LogP contribution < -0.4 is 10.2 Å². The number of aromatic nitrogens is 2. The summed E-state index contributed by atoms with van der Waals surface area (Å²) in [6.07, 6.45) is 1.86. The summed E-state index contributed by atoms with van der Waals surface area (Å²) in [7, 11) is 0. The first-order valence-electron chi connectivity index (χ1n) is 11.3. The van der Waals surface area contributed by atoms with Crippen LogP contribution >= 0.6 is 0 Å². The molecule has 1 saturated heterocycles. The molecule has 1 N–H and O–H groups in total. The number of amides is 2. The fourth-order valence-electron chi connectivity index (χ4n) is 4.27. The number of carbonyl (C=O) groups excluding carboxylic acids is 2. The number of imidazole rings is 1. The van der Waals surface area contributed by atoms with Crippen LogP contribution in [0, 0.1) is 5.92 Å². The van der Waals surface area contributed by atoms with Gasteiger partial charge in [0.05, 0.1) is 17.0 Å². The molecule has 0 bridgehead atoms. The molecule has 0 radical (unpaired) electrons. The second kappa shape index (κ2) is 9.96. The van der Waals surface area contributed by atoms with Crippen LogP contribution in [0.1, 0.15) is 32.3 Å². The normalized spacial score (nSPS) is 16.1. The molecule has 1 fully saturated rings. The fraction of sp³-hybridized carbons (Fsp3) is 0.400. The van der Waals surface area contributed by atoms with Gasteiger partial charge in [0.1, 0.15) is 0 Å². The van der Waals surface area contributed by atoms with Crippen LogP contribution in [-0.2, 0) is 27.3 Å². The highest BCUT2D eigenvalue weighted by molar-refractivity contribution is 6.03. The van der Waals surface area contributed by atoms with Crippen molar-refractivity contribution in [1.82, 2.24) is 9.55 Å². The number of aryl methyl sites for hydroxylation is 2. The monoisotopic (exact) mass is 434 g/mol. The summed E-state index contributed by atoms with van der Waals surface area (Å²) in [5.41, 5.74) is 3.82. The van der Waals surface area contributed by atoms with Crippen LogP contribution in [-0.4, -0.2) is 41.1 Å². The van der Waals surface area contributed by atoms with Crippen molar-refractivity contribution in [3.05, 3.63) is 54.1 Å². The molecular formula is C25H30N4O3. The van der Waals surface area contributed by atoms with Crippen molar-refractivity contribution in [2.24, 2.45) is 5.92 Å². The number of anilines is 2. The maximum atomic E-state index is 13.1. The molecule has 1 aliphatic rings. The number of ether oxygens (including phenoxy) is 1. The number of carbonyl (C=O) groups is 2. The van der Waals surface area contributed by atoms with Crippen molar-refractivity contribution >= 4 is 34.5 Å². The van der Waals surface area contributed by atoms with Crippen LogP contribution in [0.3, 0.4) is 0 Å². The Hall–Kier alpha value is -3.19. The van der Waals surface area contributed by atoms with Gasteiger partial charge in [0, 0.05) is 38.4 Å². The minimum Gasteiger partial charge on any atom is -0.382 e. The van der Waals surface area contributed by atoms with E-state index in [2.05, 4.69) is 17.2 Å². The first-order valence-corrected chi connectivity index (χ1v) is 11.3. The Balaban J connectivity index is 1.51. The third-order valence-corrected chi connectivity index (χ3v) is 5.92. The van der Waals surface area contributed by atoms with E-state index < -0.39 is 5.92 Å². The Morgan fingerprint density at radius 3 is 2.75 bits per heavy atom. The van der Waals surface area contributed by atoms with Crippen LogP contribution in [0.2, 0.25) is 0 Å². The van der Waals surface area contributed by atoms with Gasteiger partial charge in [-0.25, -0.2) is 4.98 Å². The van der Waals surface area contributed by atoms with Crippen molar-refractivity contribution in [3.63, 3.8) is 0 Å². The van der Waals surface area contributed by atoms with E-state index in [4.69, 9.17) is 4.74 Å². The summed E-state index contributed by atoms with van der Waals surface area (Å²) < 4.78 is 7.49. The number of hydrogen-bond donors (Lipinski definition) is 1. The molecule has 168 valence electrons. The van der Waals surface area contributed by atoms with E-state index in [1.807, 2.05) is 60.0 Å². The lowest BCUT2D eigenvalue weighted by Crippen LogP contribution is -2.29. The summed E-state index contributed by atoms with van der Waals surface area (Å²) in [6.45, 7) is 6.45. The Morgan fingerprint density at radius 1 is 1.16 bits per heavy atom. The molecule has 0 spiro atoms. The van der Waals surface area contributed by atoms with Gasteiger partial charge in [-0.1, -0.05) is 37.3 Å². The van der Waals surface area contributed by atoms with Crippen LogP contribution in [0.4, 0.5) is 11.6 Å². The Morgan fingerprint density at radius 2 is 1.94 bits per heavy atom. The van der Waals surface area contributed by atoms with Gasteiger partial charge in [-0.3, -0.25) is 14.9 Å². The maximum Gasteiger partial charge on any atom is 0.232 e. The lowest BCUT2D eigenvalue weighted by atomic mass is 10.1. The Kier molecular flexibility index (Phi) is 6.85. The third kappa shape index (κ3) is 4.53. The second-order valence-corrected chi connectivity index (χ2v) is 8.00. The van der Waals surface area contributed by atoms with Crippen molar-refractivity contribution in [2.45, 2.75) is 39.7 Å². The number of fused-ring (bicyclic) bond motifs is 1. The van der Waals surface area contributed by atoms with Gasteiger partial charge in [0.2, 0.25) is 17.8 Å². The summed E-state index contributed by atoms with van der Waals surface area (Å²) in [6, 6.07) is 15.7. The summed E-state index contributed by atoms with van der Waals surface area (Å²) in [5, 5.41) is 3.00. The van der Waals surface area contributed by atoms with E-state index in [-0.39, 0.29) is 18.2 Å². The number of benzene rings is 2. The molecule has 1 aliphatic heterocycles.